The van der Waals surface area contributed by atoms with E-state index in [0.717, 1.165) is 29.8 Å². The molecule has 0 saturated heterocycles. The molecule has 0 atom stereocenters. The average molecular weight is 346 g/mol. The number of hydrogen-bond donors (Lipinski definition) is 2. The molecule has 24 heavy (non-hydrogen) atoms. The van der Waals surface area contributed by atoms with Crippen molar-refractivity contribution in [3.05, 3.63) is 21.8 Å². The number of nitrogens with two attached hydrogens (primary N) is 1. The maximum atomic E-state index is 12.6. The molecule has 0 bridgehead atoms. The number of nitrogens with one attached hydrogen (secondary N) is 1. The van der Waals surface area contributed by atoms with Gasteiger partial charge in [0.25, 0.3) is 0 Å². The number of anilines is 2. The van der Waals surface area contributed by atoms with Gasteiger partial charge in [0, 0.05) is 22.9 Å². The summed E-state index contributed by atoms with van der Waals surface area (Å²) in [5, 5.41) is 8.01. The summed E-state index contributed by atoms with van der Waals surface area (Å²) in [5.74, 6) is 0.631. The third-order valence-corrected chi connectivity index (χ3v) is 6.04. The van der Waals surface area contributed by atoms with Gasteiger partial charge in [0.1, 0.15) is 5.82 Å². The minimum absolute atomic E-state index is 0.0936. The Hall–Kier alpha value is -2.09. The quantitative estimate of drug-likeness (QED) is 0.831. The van der Waals surface area contributed by atoms with Crippen LogP contribution in [0.2, 0.25) is 0 Å². The van der Waals surface area contributed by atoms with E-state index in [1.165, 1.54) is 11.3 Å². The molecule has 8 heteroatoms. The van der Waals surface area contributed by atoms with Crippen molar-refractivity contribution in [1.29, 1.82) is 0 Å². The van der Waals surface area contributed by atoms with Crippen molar-refractivity contribution in [2.24, 2.45) is 7.05 Å². The molecule has 2 amide bonds. The predicted octanol–water partition coefficient (Wildman–Crippen LogP) is 2.62. The topological polar surface area (TPSA) is 89.1 Å². The van der Waals surface area contributed by atoms with Gasteiger partial charge in [-0.05, 0) is 19.3 Å². The smallest absolute Gasteiger partial charge is 0.324 e. The summed E-state index contributed by atoms with van der Waals surface area (Å²) < 4.78 is 1.66. The van der Waals surface area contributed by atoms with Crippen LogP contribution in [0.5, 0.6) is 0 Å². The Bertz CT molecular complexity index is 821. The van der Waals surface area contributed by atoms with Gasteiger partial charge in [-0.25, -0.2) is 9.78 Å². The number of nitrogen functional groups attached to an aromatic ring is 1. The minimum atomic E-state index is -0.140. The van der Waals surface area contributed by atoms with Crippen LogP contribution in [0.15, 0.2) is 0 Å². The highest BCUT2D eigenvalue weighted by molar-refractivity contribution is 7.15. The molecule has 128 valence electrons. The summed E-state index contributed by atoms with van der Waals surface area (Å²) in [7, 11) is 1.82. The monoisotopic (exact) mass is 346 g/mol. The van der Waals surface area contributed by atoms with Gasteiger partial charge < -0.3 is 10.6 Å². The van der Waals surface area contributed by atoms with Crippen molar-refractivity contribution in [3.8, 4) is 0 Å². The first-order valence-electron chi connectivity index (χ1n) is 8.21. The number of rotatable bonds is 1. The van der Waals surface area contributed by atoms with Crippen LogP contribution in [0.3, 0.4) is 0 Å². The summed E-state index contributed by atoms with van der Waals surface area (Å²) >= 11 is 1.60. The second-order valence-corrected chi connectivity index (χ2v) is 8.33. The maximum absolute atomic E-state index is 12.6. The Morgan fingerprint density at radius 1 is 1.38 bits per heavy atom. The summed E-state index contributed by atoms with van der Waals surface area (Å²) in [6.45, 7) is 5.43. The average Bonchev–Trinajstić information content (AvgIpc) is 3.16. The molecule has 0 unspecified atom stereocenters. The third-order valence-electron chi connectivity index (χ3n) is 5.01. The van der Waals surface area contributed by atoms with Crippen LogP contribution < -0.4 is 11.1 Å². The van der Waals surface area contributed by atoms with Crippen LogP contribution >= 0.6 is 11.3 Å². The molecule has 0 saturated carbocycles. The molecule has 1 aliphatic carbocycles. The second kappa shape index (κ2) is 5.20. The Balaban J connectivity index is 1.49. The number of thiazole rings is 1. The summed E-state index contributed by atoms with van der Waals surface area (Å²) in [4.78, 5) is 20.3. The van der Waals surface area contributed by atoms with Crippen molar-refractivity contribution < 1.29 is 4.79 Å². The fourth-order valence-electron chi connectivity index (χ4n) is 3.59. The Kier molecular flexibility index (Phi) is 3.35. The Labute approximate surface area is 144 Å². The highest BCUT2D eigenvalue weighted by Gasteiger charge is 2.33. The molecule has 2 aromatic rings. The predicted molar refractivity (Wildman–Crippen MR) is 94.0 cm³/mol. The van der Waals surface area contributed by atoms with Gasteiger partial charge in [0.05, 0.1) is 24.5 Å². The van der Waals surface area contributed by atoms with Crippen molar-refractivity contribution in [2.45, 2.75) is 51.6 Å². The van der Waals surface area contributed by atoms with E-state index >= 15 is 0 Å². The Morgan fingerprint density at radius 3 is 2.88 bits per heavy atom. The van der Waals surface area contributed by atoms with Crippen LogP contribution in [0.25, 0.3) is 0 Å². The van der Waals surface area contributed by atoms with E-state index in [4.69, 9.17) is 10.7 Å². The van der Waals surface area contributed by atoms with Crippen LogP contribution in [0.4, 0.5) is 15.7 Å². The van der Waals surface area contributed by atoms with E-state index in [9.17, 15) is 4.79 Å². The SMILES string of the molecule is Cn1nc2c(c1N)CN(C(=O)Nc1nc3c(s1)CCCC3(C)C)C2. The number of aryl methyl sites for hydroxylation is 2. The Morgan fingerprint density at radius 2 is 2.17 bits per heavy atom. The van der Waals surface area contributed by atoms with Gasteiger partial charge in [-0.2, -0.15) is 5.10 Å². The van der Waals surface area contributed by atoms with Crippen molar-refractivity contribution >= 4 is 28.3 Å². The number of nitrogens with zero attached hydrogens (tertiary/aromatic N) is 4. The van der Waals surface area contributed by atoms with Crippen molar-refractivity contribution in [2.75, 3.05) is 11.1 Å². The lowest BCUT2D eigenvalue weighted by atomic mass is 9.79. The van der Waals surface area contributed by atoms with Gasteiger partial charge in [0.2, 0.25) is 0 Å². The third kappa shape index (κ3) is 2.36. The first-order chi connectivity index (χ1) is 11.3. The molecule has 3 N–H and O–H groups in total. The molecule has 4 rings (SSSR count). The zero-order chi connectivity index (χ0) is 17.1. The lowest BCUT2D eigenvalue weighted by molar-refractivity contribution is 0.212. The second-order valence-electron chi connectivity index (χ2n) is 7.25. The van der Waals surface area contributed by atoms with Crippen LogP contribution in [0.1, 0.15) is 48.5 Å². The largest absolute Gasteiger partial charge is 0.384 e. The van der Waals surface area contributed by atoms with Crippen molar-refractivity contribution in [1.82, 2.24) is 19.7 Å². The van der Waals surface area contributed by atoms with E-state index < -0.39 is 0 Å². The summed E-state index contributed by atoms with van der Waals surface area (Å²) in [6, 6.07) is -0.140. The van der Waals surface area contributed by atoms with Gasteiger partial charge in [-0.3, -0.25) is 10.00 Å². The molecule has 2 aromatic heterocycles. The molecular formula is C16H22N6OS. The maximum Gasteiger partial charge on any atom is 0.324 e. The summed E-state index contributed by atoms with van der Waals surface area (Å²) in [6.07, 6.45) is 3.38. The highest BCUT2D eigenvalue weighted by atomic mass is 32.1. The highest BCUT2D eigenvalue weighted by Crippen LogP contribution is 2.40. The van der Waals surface area contributed by atoms with Crippen LogP contribution in [-0.4, -0.2) is 25.7 Å². The molecule has 0 spiro atoms. The fraction of sp³-hybridized carbons (Fsp3) is 0.562. The standard InChI is InChI=1S/C16H22N6OS/c1-16(2)6-4-5-11-12(16)18-14(24-11)19-15(23)22-7-9-10(8-22)20-21(3)13(9)17/h4-8,17H2,1-3H3,(H,18,19,23). The zero-order valence-electron chi connectivity index (χ0n) is 14.2. The lowest BCUT2D eigenvalue weighted by Crippen LogP contribution is -2.31. The van der Waals surface area contributed by atoms with E-state index in [1.54, 1.807) is 20.9 Å². The molecule has 0 aromatic carbocycles. The molecule has 7 nitrogen and oxygen atoms in total. The molecular weight excluding hydrogens is 324 g/mol. The van der Waals surface area contributed by atoms with Crippen LogP contribution in [-0.2, 0) is 32.0 Å². The number of carbonyl (C=O) groups excluding carboxylic acids is 1. The van der Waals surface area contributed by atoms with E-state index in [0.29, 0.717) is 24.0 Å². The zero-order valence-corrected chi connectivity index (χ0v) is 15.0. The van der Waals surface area contributed by atoms with Crippen molar-refractivity contribution in [3.63, 3.8) is 0 Å². The molecule has 1 aliphatic heterocycles. The van der Waals surface area contributed by atoms with Gasteiger partial charge >= 0.3 is 6.03 Å². The lowest BCUT2D eigenvalue weighted by Gasteiger charge is -2.27. The van der Waals surface area contributed by atoms with Gasteiger partial charge in [0.15, 0.2) is 5.13 Å². The van der Waals surface area contributed by atoms with Crippen LogP contribution in [0, 0.1) is 0 Å². The van der Waals surface area contributed by atoms with Gasteiger partial charge in [-0.1, -0.05) is 13.8 Å². The summed E-state index contributed by atoms with van der Waals surface area (Å²) in [5.41, 5.74) is 9.06. The normalized spacial score (nSPS) is 18.4. The van der Waals surface area contributed by atoms with E-state index in [2.05, 4.69) is 24.3 Å². The number of aromatic nitrogens is 3. The minimum Gasteiger partial charge on any atom is -0.384 e. The molecule has 0 radical (unpaired) electrons. The number of amides is 2. The van der Waals surface area contributed by atoms with E-state index in [-0.39, 0.29) is 11.4 Å². The molecule has 2 aliphatic rings. The number of fused-ring (bicyclic) bond motifs is 2. The van der Waals surface area contributed by atoms with E-state index in [1.807, 2.05) is 7.05 Å². The first kappa shape index (κ1) is 15.4. The number of urea groups is 1. The first-order valence-corrected chi connectivity index (χ1v) is 9.03. The molecule has 3 heterocycles. The fourth-order valence-corrected chi connectivity index (χ4v) is 4.77. The number of hydrogen-bond acceptors (Lipinski definition) is 5. The van der Waals surface area contributed by atoms with Gasteiger partial charge in [-0.15, -0.1) is 11.3 Å². The molecule has 0 fully saturated rings. The number of carbonyl (C=O) groups is 1.